The highest BCUT2D eigenvalue weighted by atomic mass is 16.5. The Bertz CT molecular complexity index is 1560. The van der Waals surface area contributed by atoms with Crippen molar-refractivity contribution in [2.75, 3.05) is 40.0 Å². The molecule has 0 spiro atoms. The average molecular weight is 522 g/mol. The molecule has 4 aromatic carbocycles. The van der Waals surface area contributed by atoms with Gasteiger partial charge in [-0.05, 0) is 48.5 Å². The van der Waals surface area contributed by atoms with Crippen LogP contribution in [0.2, 0.25) is 0 Å². The molecule has 0 fully saturated rings. The number of carbonyl (C=O) groups excluding carboxylic acids is 4. The van der Waals surface area contributed by atoms with E-state index in [0.717, 1.165) is 21.1 Å². The maximum absolute atomic E-state index is 13.1. The van der Waals surface area contributed by atoms with Crippen molar-refractivity contribution in [3.63, 3.8) is 0 Å². The van der Waals surface area contributed by atoms with Crippen molar-refractivity contribution in [1.82, 2.24) is 14.7 Å². The Hall–Kier alpha value is -4.40. The summed E-state index contributed by atoms with van der Waals surface area (Å²) in [5.74, 6) is -1.24. The molecule has 0 aliphatic carbocycles. The van der Waals surface area contributed by atoms with Crippen molar-refractivity contribution in [2.24, 2.45) is 0 Å². The van der Waals surface area contributed by atoms with E-state index in [2.05, 4.69) is 0 Å². The van der Waals surface area contributed by atoms with E-state index in [1.165, 1.54) is 4.90 Å². The third-order valence-electron chi connectivity index (χ3n) is 7.47. The predicted molar refractivity (Wildman–Crippen MR) is 147 cm³/mol. The Balaban J connectivity index is 0.998. The Morgan fingerprint density at radius 3 is 1.51 bits per heavy atom. The molecule has 39 heavy (non-hydrogen) atoms. The lowest BCUT2D eigenvalue weighted by Crippen LogP contribution is -2.44. The van der Waals surface area contributed by atoms with E-state index in [9.17, 15) is 19.2 Å². The molecule has 2 heterocycles. The van der Waals surface area contributed by atoms with Gasteiger partial charge in [-0.3, -0.25) is 29.0 Å². The maximum Gasteiger partial charge on any atom is 0.263 e. The zero-order chi connectivity index (χ0) is 27.1. The Morgan fingerprint density at radius 2 is 1.05 bits per heavy atom. The molecule has 4 aromatic rings. The number of imide groups is 2. The van der Waals surface area contributed by atoms with E-state index in [-0.39, 0.29) is 36.9 Å². The summed E-state index contributed by atoms with van der Waals surface area (Å²) < 4.78 is 5.71. The summed E-state index contributed by atoms with van der Waals surface area (Å²) in [5, 5.41) is 3.17. The monoisotopic (exact) mass is 521 g/mol. The van der Waals surface area contributed by atoms with Crippen LogP contribution < -0.4 is 0 Å². The zero-order valence-corrected chi connectivity index (χ0v) is 21.6. The second-order valence-electron chi connectivity index (χ2n) is 9.91. The summed E-state index contributed by atoms with van der Waals surface area (Å²) in [4.78, 5) is 56.6. The van der Waals surface area contributed by atoms with Gasteiger partial charge >= 0.3 is 0 Å². The quantitative estimate of drug-likeness (QED) is 0.243. The van der Waals surface area contributed by atoms with Gasteiger partial charge in [0.05, 0.1) is 6.61 Å². The van der Waals surface area contributed by atoms with Crippen LogP contribution in [-0.2, 0) is 4.74 Å². The topological polar surface area (TPSA) is 87.2 Å². The van der Waals surface area contributed by atoms with Gasteiger partial charge in [0.25, 0.3) is 23.6 Å². The van der Waals surface area contributed by atoms with Gasteiger partial charge in [-0.25, -0.2) is 0 Å². The summed E-state index contributed by atoms with van der Waals surface area (Å²) in [7, 11) is 1.92. The van der Waals surface area contributed by atoms with Crippen LogP contribution in [0.25, 0.3) is 21.5 Å². The molecule has 0 aromatic heterocycles. The van der Waals surface area contributed by atoms with E-state index in [1.807, 2.05) is 60.5 Å². The first kappa shape index (κ1) is 24.9. The van der Waals surface area contributed by atoms with Crippen LogP contribution in [0.4, 0.5) is 0 Å². The largest absolute Gasteiger partial charge is 0.360 e. The van der Waals surface area contributed by atoms with E-state index in [4.69, 9.17) is 4.74 Å². The summed E-state index contributed by atoms with van der Waals surface area (Å²) in [5.41, 5.74) is 2.12. The molecule has 8 heteroatoms. The first-order chi connectivity index (χ1) is 19.0. The van der Waals surface area contributed by atoms with Gasteiger partial charge in [0.1, 0.15) is 6.73 Å². The zero-order valence-electron chi connectivity index (χ0n) is 21.6. The first-order valence-corrected chi connectivity index (χ1v) is 13.0. The van der Waals surface area contributed by atoms with Gasteiger partial charge in [-0.1, -0.05) is 48.5 Å². The molecule has 8 nitrogen and oxygen atoms in total. The van der Waals surface area contributed by atoms with Crippen molar-refractivity contribution in [1.29, 1.82) is 0 Å². The second kappa shape index (κ2) is 10.1. The molecular weight excluding hydrogens is 494 g/mol. The van der Waals surface area contributed by atoms with Crippen LogP contribution in [0, 0.1) is 0 Å². The van der Waals surface area contributed by atoms with Gasteiger partial charge in [-0.15, -0.1) is 0 Å². The van der Waals surface area contributed by atoms with E-state index < -0.39 is 0 Å². The first-order valence-electron chi connectivity index (χ1n) is 13.0. The van der Waals surface area contributed by atoms with Crippen LogP contribution in [-0.4, -0.2) is 78.3 Å². The number of carbonyl (C=O) groups is 4. The highest BCUT2D eigenvalue weighted by Crippen LogP contribution is 2.31. The van der Waals surface area contributed by atoms with Crippen LogP contribution in [0.1, 0.15) is 47.9 Å². The van der Waals surface area contributed by atoms with Crippen molar-refractivity contribution >= 4 is 45.2 Å². The molecular formula is C31H27N3O5. The minimum atomic E-state index is -0.352. The third-order valence-corrected chi connectivity index (χ3v) is 7.47. The molecule has 0 saturated carbocycles. The molecule has 0 saturated heterocycles. The standard InChI is InChI=1S/C31H27N3O5/c1-32(16-17-33-28(35)22-11-2-7-20-8-3-12-23(26(20)22)29(33)36)15-6-18-39-19-34-30(37)24-13-4-9-21-10-5-14-25(27(21)24)31(34)38/h2-5,7-14H,6,15-19H2,1H3. The molecule has 2 aliphatic heterocycles. The van der Waals surface area contributed by atoms with Crippen LogP contribution in [0.5, 0.6) is 0 Å². The van der Waals surface area contributed by atoms with E-state index in [1.54, 1.807) is 24.3 Å². The Kier molecular flexibility index (Phi) is 6.42. The van der Waals surface area contributed by atoms with Gasteiger partial charge in [-0.2, -0.15) is 0 Å². The van der Waals surface area contributed by atoms with E-state index in [0.29, 0.717) is 53.8 Å². The maximum atomic E-state index is 13.1. The molecule has 6 rings (SSSR count). The van der Waals surface area contributed by atoms with Crippen LogP contribution >= 0.6 is 0 Å². The fourth-order valence-electron chi connectivity index (χ4n) is 5.46. The minimum absolute atomic E-state index is 0.117. The summed E-state index contributed by atoms with van der Waals surface area (Å²) in [6.07, 6.45) is 0.656. The summed E-state index contributed by atoms with van der Waals surface area (Å²) in [6, 6.07) is 21.9. The van der Waals surface area contributed by atoms with Crippen molar-refractivity contribution in [3.05, 3.63) is 95.1 Å². The fourth-order valence-corrected chi connectivity index (χ4v) is 5.46. The highest BCUT2D eigenvalue weighted by Gasteiger charge is 2.33. The Labute approximate surface area is 225 Å². The fraction of sp³-hybridized carbons (Fsp3) is 0.226. The number of hydrogen-bond donors (Lipinski definition) is 0. The number of ether oxygens (including phenoxy) is 1. The lowest BCUT2D eigenvalue weighted by Gasteiger charge is -2.29. The SMILES string of the molecule is CN(CCCOCN1C(=O)c2cccc3cccc(c23)C1=O)CCN1C(=O)c2cccc3cccc(c23)C1=O. The van der Waals surface area contributed by atoms with Crippen molar-refractivity contribution in [2.45, 2.75) is 6.42 Å². The summed E-state index contributed by atoms with van der Waals surface area (Å²) >= 11 is 0. The highest BCUT2D eigenvalue weighted by molar-refractivity contribution is 6.26. The molecule has 2 aliphatic rings. The van der Waals surface area contributed by atoms with Gasteiger partial charge < -0.3 is 9.64 Å². The van der Waals surface area contributed by atoms with Crippen LogP contribution in [0.3, 0.4) is 0 Å². The minimum Gasteiger partial charge on any atom is -0.360 e. The molecule has 0 unspecified atom stereocenters. The van der Waals surface area contributed by atoms with Crippen LogP contribution in [0.15, 0.2) is 72.8 Å². The lowest BCUT2D eigenvalue weighted by atomic mass is 9.94. The molecule has 0 radical (unpaired) electrons. The third kappa shape index (κ3) is 4.27. The number of likely N-dealkylation sites (N-methyl/N-ethyl adjacent to an activating group) is 1. The number of amides is 4. The lowest BCUT2D eigenvalue weighted by molar-refractivity contribution is 0.0199. The number of hydrogen-bond acceptors (Lipinski definition) is 6. The molecule has 0 atom stereocenters. The second-order valence-corrected chi connectivity index (χ2v) is 9.91. The molecule has 0 N–H and O–H groups in total. The molecule has 196 valence electrons. The number of nitrogens with zero attached hydrogens (tertiary/aromatic N) is 3. The van der Waals surface area contributed by atoms with Gasteiger partial charge in [0, 0.05) is 52.7 Å². The van der Waals surface area contributed by atoms with Gasteiger partial charge in [0.2, 0.25) is 0 Å². The smallest absolute Gasteiger partial charge is 0.263 e. The molecule has 0 bridgehead atoms. The average Bonchev–Trinajstić information content (AvgIpc) is 2.95. The van der Waals surface area contributed by atoms with Crippen molar-refractivity contribution in [3.8, 4) is 0 Å². The normalized spacial score (nSPS) is 14.8. The summed E-state index contributed by atoms with van der Waals surface area (Å²) in [6.45, 7) is 1.69. The van der Waals surface area contributed by atoms with Gasteiger partial charge in [0.15, 0.2) is 0 Å². The Morgan fingerprint density at radius 1 is 0.615 bits per heavy atom. The predicted octanol–water partition coefficient (Wildman–Crippen LogP) is 4.18. The molecule has 4 amide bonds. The van der Waals surface area contributed by atoms with Crippen molar-refractivity contribution < 1.29 is 23.9 Å². The van der Waals surface area contributed by atoms with E-state index >= 15 is 0 Å². The number of benzene rings is 4. The number of rotatable bonds is 9.